The Morgan fingerprint density at radius 2 is 1.53 bits per heavy atom. The van der Waals surface area contributed by atoms with E-state index in [0.29, 0.717) is 5.84 Å². The highest BCUT2D eigenvalue weighted by Crippen LogP contribution is 2.30. The largest absolute Gasteiger partial charge is 0.333 e. The summed E-state index contributed by atoms with van der Waals surface area (Å²) in [6.07, 6.45) is 7.15. The van der Waals surface area contributed by atoms with Gasteiger partial charge in [-0.15, -0.1) is 0 Å². The van der Waals surface area contributed by atoms with Gasteiger partial charge in [0.2, 0.25) is 0 Å². The first-order valence-corrected chi connectivity index (χ1v) is 14.4. The molecule has 206 valence electrons. The molecule has 0 radical (unpaired) electrons. The molecule has 0 fully saturated rings. The molecule has 0 aliphatic heterocycles. The van der Waals surface area contributed by atoms with Gasteiger partial charge in [0.25, 0.3) is 0 Å². The highest BCUT2D eigenvalue weighted by molar-refractivity contribution is 5.99. The van der Waals surface area contributed by atoms with Crippen LogP contribution in [-0.4, -0.2) is 19.9 Å². The SMILES string of the molecule is CCCCC(C)(C)C(=N)N(C)c1ccc(C)cc1C.CCCCc1ccc(-c2cccc(CNC)c2)cc1. The lowest BCUT2D eigenvalue weighted by Gasteiger charge is -2.33. The molecule has 3 heteroatoms. The van der Waals surface area contributed by atoms with Crippen LogP contribution in [0.3, 0.4) is 0 Å². The number of amidine groups is 1. The van der Waals surface area contributed by atoms with E-state index in [2.05, 4.69) is 114 Å². The molecule has 0 aromatic heterocycles. The Morgan fingerprint density at radius 1 is 0.842 bits per heavy atom. The minimum absolute atomic E-state index is 0.0674. The van der Waals surface area contributed by atoms with E-state index in [1.165, 1.54) is 65.5 Å². The minimum atomic E-state index is -0.0674. The van der Waals surface area contributed by atoms with Gasteiger partial charge in [0.05, 0.1) is 0 Å². The summed E-state index contributed by atoms with van der Waals surface area (Å²) in [7, 11) is 3.99. The van der Waals surface area contributed by atoms with Crippen LogP contribution in [-0.2, 0) is 13.0 Å². The van der Waals surface area contributed by atoms with E-state index in [0.717, 1.165) is 18.7 Å². The first-order valence-electron chi connectivity index (χ1n) is 14.4. The maximum atomic E-state index is 8.49. The predicted octanol–water partition coefficient (Wildman–Crippen LogP) is 9.35. The van der Waals surface area contributed by atoms with Gasteiger partial charge in [0.1, 0.15) is 5.84 Å². The molecule has 3 aromatic rings. The van der Waals surface area contributed by atoms with Crippen molar-refractivity contribution in [1.29, 1.82) is 5.41 Å². The van der Waals surface area contributed by atoms with Gasteiger partial charge >= 0.3 is 0 Å². The van der Waals surface area contributed by atoms with Crippen LogP contribution >= 0.6 is 0 Å². The molecule has 0 unspecified atom stereocenters. The maximum absolute atomic E-state index is 8.49. The van der Waals surface area contributed by atoms with E-state index in [4.69, 9.17) is 5.41 Å². The first-order chi connectivity index (χ1) is 18.1. The Hall–Kier alpha value is -2.91. The number of nitrogens with zero attached hydrogens (tertiary/aromatic N) is 1. The number of nitrogens with one attached hydrogen (secondary N) is 2. The summed E-state index contributed by atoms with van der Waals surface area (Å²) in [4.78, 5) is 2.03. The average Bonchev–Trinajstić information content (AvgIpc) is 2.91. The molecule has 3 nitrogen and oxygen atoms in total. The number of aryl methyl sites for hydroxylation is 3. The third-order valence-corrected chi connectivity index (χ3v) is 7.26. The summed E-state index contributed by atoms with van der Waals surface area (Å²) < 4.78 is 0. The third kappa shape index (κ3) is 9.44. The molecule has 0 bridgehead atoms. The van der Waals surface area contributed by atoms with Gasteiger partial charge in [0, 0.05) is 24.7 Å². The van der Waals surface area contributed by atoms with Gasteiger partial charge in [0.15, 0.2) is 0 Å². The van der Waals surface area contributed by atoms with Crippen LogP contribution in [0.2, 0.25) is 0 Å². The quantitative estimate of drug-likeness (QED) is 0.198. The van der Waals surface area contributed by atoms with E-state index in [1.54, 1.807) is 0 Å². The summed E-state index contributed by atoms with van der Waals surface area (Å²) >= 11 is 0. The zero-order valence-corrected chi connectivity index (χ0v) is 25.2. The molecule has 0 atom stereocenters. The Kier molecular flexibility index (Phi) is 12.8. The topological polar surface area (TPSA) is 39.1 Å². The second kappa shape index (κ2) is 15.5. The van der Waals surface area contributed by atoms with Crippen LogP contribution in [0.4, 0.5) is 5.69 Å². The molecule has 3 aromatic carbocycles. The summed E-state index contributed by atoms with van der Waals surface area (Å²) in [5.74, 6) is 0.702. The Morgan fingerprint density at radius 3 is 2.13 bits per heavy atom. The van der Waals surface area contributed by atoms with Crippen LogP contribution in [0.25, 0.3) is 11.1 Å². The van der Waals surface area contributed by atoms with Crippen LogP contribution < -0.4 is 10.2 Å². The molecule has 0 aliphatic carbocycles. The van der Waals surface area contributed by atoms with Gasteiger partial charge in [-0.2, -0.15) is 0 Å². The minimum Gasteiger partial charge on any atom is -0.333 e. The second-order valence-corrected chi connectivity index (χ2v) is 11.2. The van der Waals surface area contributed by atoms with Crippen LogP contribution in [0.5, 0.6) is 0 Å². The molecule has 38 heavy (non-hydrogen) atoms. The van der Waals surface area contributed by atoms with E-state index in [-0.39, 0.29) is 5.41 Å². The van der Waals surface area contributed by atoms with Gasteiger partial charge in [-0.05, 0) is 80.1 Å². The van der Waals surface area contributed by atoms with Crippen LogP contribution in [0, 0.1) is 24.7 Å². The molecule has 0 saturated heterocycles. The van der Waals surface area contributed by atoms with Gasteiger partial charge in [-0.3, -0.25) is 5.41 Å². The number of hydrogen-bond acceptors (Lipinski definition) is 2. The van der Waals surface area contributed by atoms with Crippen molar-refractivity contribution in [1.82, 2.24) is 5.32 Å². The van der Waals surface area contributed by atoms with Crippen molar-refractivity contribution in [2.45, 2.75) is 86.6 Å². The fourth-order valence-electron chi connectivity index (χ4n) is 4.80. The smallest absolute Gasteiger partial charge is 0.106 e. The Bertz CT molecular complexity index is 1130. The number of rotatable bonds is 11. The van der Waals surface area contributed by atoms with E-state index in [1.807, 2.05) is 19.0 Å². The van der Waals surface area contributed by atoms with Crippen LogP contribution in [0.15, 0.2) is 66.7 Å². The second-order valence-electron chi connectivity index (χ2n) is 11.2. The van der Waals surface area contributed by atoms with Gasteiger partial charge < -0.3 is 10.2 Å². The molecular weight excluding hydrogens is 462 g/mol. The van der Waals surface area contributed by atoms with E-state index >= 15 is 0 Å². The van der Waals surface area contributed by atoms with Crippen molar-refractivity contribution in [3.63, 3.8) is 0 Å². The van der Waals surface area contributed by atoms with Crippen molar-refractivity contribution < 1.29 is 0 Å². The fourth-order valence-corrected chi connectivity index (χ4v) is 4.80. The molecule has 3 rings (SSSR count). The molecule has 0 spiro atoms. The monoisotopic (exact) mass is 513 g/mol. The number of benzene rings is 3. The zero-order valence-electron chi connectivity index (χ0n) is 25.2. The molecule has 0 aliphatic rings. The van der Waals surface area contributed by atoms with E-state index in [9.17, 15) is 0 Å². The predicted molar refractivity (Wildman–Crippen MR) is 169 cm³/mol. The summed E-state index contributed by atoms with van der Waals surface area (Å²) in [6.45, 7) is 13.9. The lowest BCUT2D eigenvalue weighted by Crippen LogP contribution is -2.38. The Balaban J connectivity index is 0.000000267. The van der Waals surface area contributed by atoms with Crippen molar-refractivity contribution in [2.75, 3.05) is 19.0 Å². The lowest BCUT2D eigenvalue weighted by molar-refractivity contribution is 0.445. The summed E-state index contributed by atoms with van der Waals surface area (Å²) in [5.41, 5.74) is 8.95. The number of hydrogen-bond donors (Lipinski definition) is 2. The number of anilines is 1. The maximum Gasteiger partial charge on any atom is 0.106 e. The summed E-state index contributed by atoms with van der Waals surface area (Å²) in [5, 5.41) is 11.7. The van der Waals surface area contributed by atoms with Crippen molar-refractivity contribution in [3.8, 4) is 11.1 Å². The lowest BCUT2D eigenvalue weighted by atomic mass is 9.85. The highest BCUT2D eigenvalue weighted by atomic mass is 15.2. The normalized spacial score (nSPS) is 11.1. The molecule has 2 N–H and O–H groups in total. The molecular formula is C35H51N3. The summed E-state index contributed by atoms with van der Waals surface area (Å²) in [6, 6.07) is 24.2. The molecule has 0 amide bonds. The van der Waals surface area contributed by atoms with Gasteiger partial charge in [-0.25, -0.2) is 0 Å². The zero-order chi connectivity index (χ0) is 28.1. The molecule has 0 saturated carbocycles. The van der Waals surface area contributed by atoms with Crippen molar-refractivity contribution >= 4 is 11.5 Å². The first kappa shape index (κ1) is 31.3. The highest BCUT2D eigenvalue weighted by Gasteiger charge is 2.27. The average molecular weight is 514 g/mol. The number of unbranched alkanes of at least 4 members (excludes halogenated alkanes) is 2. The molecule has 0 heterocycles. The van der Waals surface area contributed by atoms with Crippen LogP contribution in [0.1, 0.15) is 82.1 Å². The van der Waals surface area contributed by atoms with Crippen molar-refractivity contribution in [3.05, 3.63) is 89.0 Å². The third-order valence-electron chi connectivity index (χ3n) is 7.26. The van der Waals surface area contributed by atoms with Crippen molar-refractivity contribution in [2.24, 2.45) is 5.41 Å². The van der Waals surface area contributed by atoms with Gasteiger partial charge in [-0.1, -0.05) is 107 Å². The standard InChI is InChI=1S/C18H23N.C17H28N2/c1-3-4-6-15-9-11-17(12-10-15)18-8-5-7-16(13-18)14-19-2;1-7-8-11-17(4,5)16(18)19(6)15-10-9-13(2)12-14(15)3/h5,7-13,19H,3-4,6,14H2,1-2H3;9-10,12,18H,7-8,11H2,1-6H3. The fraction of sp³-hybridized carbons (Fsp3) is 0.457. The van der Waals surface area contributed by atoms with E-state index < -0.39 is 0 Å². The Labute approximate surface area is 233 Å².